The average molecular weight is 394 g/mol. The molecule has 0 saturated carbocycles. The quantitative estimate of drug-likeness (QED) is 0.712. The van der Waals surface area contributed by atoms with Gasteiger partial charge in [0.2, 0.25) is 10.0 Å². The molecule has 1 N–H and O–H groups in total. The first-order chi connectivity index (χ1) is 12.0. The number of rotatable bonds is 5. The number of halogens is 2. The number of hydrogen-bond donors (Lipinski definition) is 1. The van der Waals surface area contributed by atoms with Crippen molar-refractivity contribution in [1.82, 2.24) is 14.7 Å². The minimum Gasteiger partial charge on any atom is -0.265 e. The number of pyridine rings is 2. The molecule has 0 atom stereocenters. The van der Waals surface area contributed by atoms with E-state index in [4.69, 9.17) is 23.2 Å². The molecule has 0 fully saturated rings. The van der Waals surface area contributed by atoms with Gasteiger partial charge in [-0.05, 0) is 42.0 Å². The van der Waals surface area contributed by atoms with Gasteiger partial charge in [0.25, 0.3) is 0 Å². The molecule has 0 saturated heterocycles. The van der Waals surface area contributed by atoms with Crippen LogP contribution in [-0.2, 0) is 16.6 Å². The first-order valence-corrected chi connectivity index (χ1v) is 9.50. The van der Waals surface area contributed by atoms with Crippen molar-refractivity contribution < 1.29 is 8.42 Å². The van der Waals surface area contributed by atoms with E-state index in [-0.39, 0.29) is 21.5 Å². The van der Waals surface area contributed by atoms with E-state index in [1.807, 2.05) is 18.2 Å². The van der Waals surface area contributed by atoms with E-state index >= 15 is 0 Å². The molecule has 2 aromatic heterocycles. The van der Waals surface area contributed by atoms with Crippen LogP contribution in [-0.4, -0.2) is 18.4 Å². The lowest BCUT2D eigenvalue weighted by molar-refractivity contribution is 0.581. The fraction of sp³-hybridized carbons (Fsp3) is 0.0588. The lowest BCUT2D eigenvalue weighted by Crippen LogP contribution is -2.24. The summed E-state index contributed by atoms with van der Waals surface area (Å²) in [4.78, 5) is 8.14. The molecule has 0 bridgehead atoms. The van der Waals surface area contributed by atoms with Gasteiger partial charge < -0.3 is 0 Å². The highest BCUT2D eigenvalue weighted by Gasteiger charge is 2.21. The van der Waals surface area contributed by atoms with Crippen LogP contribution in [0.2, 0.25) is 10.0 Å². The van der Waals surface area contributed by atoms with Crippen molar-refractivity contribution in [3.8, 4) is 11.3 Å². The maximum Gasteiger partial charge on any atom is 0.243 e. The third-order valence-electron chi connectivity index (χ3n) is 3.45. The lowest BCUT2D eigenvalue weighted by Gasteiger charge is -2.10. The normalized spacial score (nSPS) is 11.4. The Balaban J connectivity index is 1.82. The van der Waals surface area contributed by atoms with E-state index in [9.17, 15) is 8.42 Å². The van der Waals surface area contributed by atoms with Gasteiger partial charge in [0.15, 0.2) is 0 Å². The maximum absolute atomic E-state index is 12.5. The highest BCUT2D eigenvalue weighted by Crippen LogP contribution is 2.29. The molecule has 0 aliphatic heterocycles. The molecular formula is C17H13Cl2N3O2S. The average Bonchev–Trinajstić information content (AvgIpc) is 2.61. The number of aromatic nitrogens is 2. The molecule has 0 amide bonds. The van der Waals surface area contributed by atoms with E-state index in [0.717, 1.165) is 16.8 Å². The summed E-state index contributed by atoms with van der Waals surface area (Å²) >= 11 is 12.0. The number of sulfonamides is 1. The van der Waals surface area contributed by atoms with E-state index in [2.05, 4.69) is 14.7 Å². The first-order valence-electron chi connectivity index (χ1n) is 7.26. The van der Waals surface area contributed by atoms with Gasteiger partial charge >= 0.3 is 0 Å². The highest BCUT2D eigenvalue weighted by molar-refractivity contribution is 7.89. The zero-order valence-electron chi connectivity index (χ0n) is 12.9. The summed E-state index contributed by atoms with van der Waals surface area (Å²) in [7, 11) is -3.84. The van der Waals surface area contributed by atoms with E-state index in [1.165, 1.54) is 12.1 Å². The van der Waals surface area contributed by atoms with Crippen LogP contribution < -0.4 is 4.72 Å². The van der Waals surface area contributed by atoms with E-state index in [0.29, 0.717) is 0 Å². The van der Waals surface area contributed by atoms with Gasteiger partial charge in [-0.2, -0.15) is 0 Å². The zero-order chi connectivity index (χ0) is 17.9. The molecule has 5 nitrogen and oxygen atoms in total. The van der Waals surface area contributed by atoms with Gasteiger partial charge in [-0.1, -0.05) is 29.3 Å². The van der Waals surface area contributed by atoms with Crippen molar-refractivity contribution in [2.24, 2.45) is 0 Å². The third-order valence-corrected chi connectivity index (χ3v) is 5.81. The summed E-state index contributed by atoms with van der Waals surface area (Å²) in [5, 5.41) is 0.152. The van der Waals surface area contributed by atoms with Crippen molar-refractivity contribution in [2.75, 3.05) is 0 Å². The van der Waals surface area contributed by atoms with Crippen LogP contribution in [0.15, 0.2) is 66.0 Å². The van der Waals surface area contributed by atoms with Crippen molar-refractivity contribution >= 4 is 33.2 Å². The fourth-order valence-electron chi connectivity index (χ4n) is 2.25. The van der Waals surface area contributed by atoms with Crippen molar-refractivity contribution in [1.29, 1.82) is 0 Å². The van der Waals surface area contributed by atoms with Crippen LogP contribution in [0.4, 0.5) is 0 Å². The Hall–Kier alpha value is -1.99. The number of hydrogen-bond acceptors (Lipinski definition) is 4. The topological polar surface area (TPSA) is 72.0 Å². The second-order valence-corrected chi connectivity index (χ2v) is 7.68. The van der Waals surface area contributed by atoms with Crippen LogP contribution in [0.5, 0.6) is 0 Å². The molecule has 8 heteroatoms. The van der Waals surface area contributed by atoms with Gasteiger partial charge in [-0.25, -0.2) is 13.1 Å². The van der Waals surface area contributed by atoms with Crippen LogP contribution in [0.3, 0.4) is 0 Å². The highest BCUT2D eigenvalue weighted by atomic mass is 35.5. The third kappa shape index (κ3) is 4.16. The smallest absolute Gasteiger partial charge is 0.243 e. The second kappa shape index (κ2) is 7.49. The Morgan fingerprint density at radius 1 is 0.960 bits per heavy atom. The zero-order valence-corrected chi connectivity index (χ0v) is 15.2. The molecule has 0 radical (unpaired) electrons. The summed E-state index contributed by atoms with van der Waals surface area (Å²) in [6, 6.07) is 11.8. The second-order valence-electron chi connectivity index (χ2n) is 5.16. The summed E-state index contributed by atoms with van der Waals surface area (Å²) in [6.45, 7) is 0.0878. The molecule has 0 aliphatic rings. The minimum atomic E-state index is -3.84. The molecular weight excluding hydrogens is 381 g/mol. The predicted molar refractivity (Wildman–Crippen MR) is 98.0 cm³/mol. The molecule has 2 heterocycles. The summed E-state index contributed by atoms with van der Waals surface area (Å²) in [5.74, 6) is 0. The molecule has 0 aliphatic carbocycles. The van der Waals surface area contributed by atoms with Crippen LogP contribution in [0, 0.1) is 0 Å². The van der Waals surface area contributed by atoms with E-state index < -0.39 is 10.0 Å². The van der Waals surface area contributed by atoms with Crippen LogP contribution in [0.1, 0.15) is 5.56 Å². The molecule has 0 spiro atoms. The Labute approximate surface area is 155 Å². The predicted octanol–water partition coefficient (Wildman–Crippen LogP) is 3.93. The molecule has 3 rings (SSSR count). The van der Waals surface area contributed by atoms with Gasteiger partial charge in [0.05, 0.1) is 15.7 Å². The molecule has 1 aromatic carbocycles. The Morgan fingerprint density at radius 3 is 2.32 bits per heavy atom. The standard InChI is InChI=1S/C17H13Cl2N3O2S/c18-14-2-1-3-15(19)17(14)25(23,24)22-11-12-4-9-21-16(10-12)13-5-7-20-8-6-13/h1-10,22H,11H2. The summed E-state index contributed by atoms with van der Waals surface area (Å²) in [6.07, 6.45) is 4.97. The molecule has 0 unspecified atom stereocenters. The van der Waals surface area contributed by atoms with Crippen molar-refractivity contribution in [2.45, 2.75) is 11.4 Å². The monoisotopic (exact) mass is 393 g/mol. The fourth-order valence-corrected chi connectivity index (χ4v) is 4.41. The molecule has 25 heavy (non-hydrogen) atoms. The Bertz CT molecular complexity index is 976. The minimum absolute atomic E-state index is 0.0761. The number of nitrogens with zero attached hydrogens (tertiary/aromatic N) is 2. The van der Waals surface area contributed by atoms with Crippen LogP contribution >= 0.6 is 23.2 Å². The largest absolute Gasteiger partial charge is 0.265 e. The van der Waals surface area contributed by atoms with Crippen molar-refractivity contribution in [3.05, 3.63) is 76.7 Å². The summed E-state index contributed by atoms with van der Waals surface area (Å²) in [5.41, 5.74) is 2.39. The first kappa shape index (κ1) is 17.8. The molecule has 128 valence electrons. The van der Waals surface area contributed by atoms with E-state index in [1.54, 1.807) is 30.7 Å². The number of benzene rings is 1. The van der Waals surface area contributed by atoms with Crippen LogP contribution in [0.25, 0.3) is 11.3 Å². The van der Waals surface area contributed by atoms with Gasteiger partial charge in [0, 0.05) is 30.7 Å². The SMILES string of the molecule is O=S(=O)(NCc1ccnc(-c2ccncc2)c1)c1c(Cl)cccc1Cl. The maximum atomic E-state index is 12.5. The Kier molecular flexibility index (Phi) is 5.34. The number of nitrogens with one attached hydrogen (secondary N) is 1. The van der Waals surface area contributed by atoms with Gasteiger partial charge in [-0.15, -0.1) is 0 Å². The van der Waals surface area contributed by atoms with Gasteiger partial charge in [0.1, 0.15) is 4.90 Å². The lowest BCUT2D eigenvalue weighted by atomic mass is 10.1. The van der Waals surface area contributed by atoms with Crippen molar-refractivity contribution in [3.63, 3.8) is 0 Å². The van der Waals surface area contributed by atoms with Gasteiger partial charge in [-0.3, -0.25) is 9.97 Å². The Morgan fingerprint density at radius 2 is 1.64 bits per heavy atom. The molecule has 3 aromatic rings. The summed E-state index contributed by atoms with van der Waals surface area (Å²) < 4.78 is 27.5.